The number of anilines is 2. The number of rotatable bonds is 2. The molecule has 1 aromatic carbocycles. The van der Waals surface area contributed by atoms with E-state index in [9.17, 15) is 19.8 Å². The molecule has 4 bridgehead atoms. The Hall–Kier alpha value is -5.03. The Morgan fingerprint density at radius 3 is 2.78 bits per heavy atom. The van der Waals surface area contributed by atoms with Crippen molar-refractivity contribution in [2.75, 3.05) is 23.8 Å². The molecule has 6 atom stereocenters. The molecule has 14 nitrogen and oxygen atoms in total. The number of aromatic hydroxyl groups is 1. The van der Waals surface area contributed by atoms with Crippen molar-refractivity contribution in [3.05, 3.63) is 92.2 Å². The molecule has 59 heavy (non-hydrogen) atoms. The molecule has 2 saturated heterocycles. The van der Waals surface area contributed by atoms with Crippen molar-refractivity contribution in [2.45, 2.75) is 100 Å². The number of aliphatic hydroxyl groups excluding tert-OH is 1. The number of phenols is 1. The number of aryl methyl sites for hydroxylation is 2. The molecular weight excluding hydrogens is 793 g/mol. The van der Waals surface area contributed by atoms with Gasteiger partial charge in [-0.25, -0.2) is 14.8 Å². The first kappa shape index (κ1) is 38.2. The molecule has 6 N–H and O–H groups in total. The number of ether oxygens (including phenoxy) is 3. The van der Waals surface area contributed by atoms with Gasteiger partial charge in [0, 0.05) is 83.6 Å². The highest BCUT2D eigenvalue weighted by Gasteiger charge is 2.66. The SMILES string of the molecule is Cc1cc(=O)c2c(O)c3c(cc2o1)O[C@@]1(C)CCSSCc2c(cc(CN4C=C5N=CC=C5C4)nc2N)-c2cc(cc(N)n2)CC[C@H]2O[C@@]24C[C@@H](O)CC[C@H]3[C@H]1OC4=O. The Labute approximate surface area is 347 Å². The third-order valence-corrected chi connectivity index (χ3v) is 14.8. The van der Waals surface area contributed by atoms with E-state index >= 15 is 0 Å². The number of aromatic nitrogens is 2. The van der Waals surface area contributed by atoms with Crippen molar-refractivity contribution in [2.24, 2.45) is 4.99 Å². The zero-order valence-electron chi connectivity index (χ0n) is 32.6. The van der Waals surface area contributed by atoms with Crippen molar-refractivity contribution in [1.29, 1.82) is 0 Å². The van der Waals surface area contributed by atoms with Crippen LogP contribution in [0.2, 0.25) is 0 Å². The first-order valence-electron chi connectivity index (χ1n) is 19.9. The van der Waals surface area contributed by atoms with Gasteiger partial charge in [0.2, 0.25) is 0 Å². The second kappa shape index (κ2) is 14.3. The Morgan fingerprint density at radius 1 is 1.07 bits per heavy atom. The molecule has 2 fully saturated rings. The summed E-state index contributed by atoms with van der Waals surface area (Å²) in [6, 6.07) is 8.87. The van der Waals surface area contributed by atoms with Gasteiger partial charge in [0.05, 0.1) is 35.8 Å². The van der Waals surface area contributed by atoms with Gasteiger partial charge in [0.1, 0.15) is 51.6 Å². The molecule has 1 spiro atoms. The largest absolute Gasteiger partial charge is 0.507 e. The quantitative estimate of drug-likeness (QED) is 0.106. The van der Waals surface area contributed by atoms with Crippen LogP contribution >= 0.6 is 21.6 Å². The molecule has 4 aromatic rings. The molecule has 3 aromatic heterocycles. The summed E-state index contributed by atoms with van der Waals surface area (Å²) in [7, 11) is 3.25. The lowest BCUT2D eigenvalue weighted by Gasteiger charge is -2.46. The molecule has 0 aliphatic carbocycles. The fraction of sp³-hybridized carbons (Fsp3) is 0.419. The van der Waals surface area contributed by atoms with E-state index in [-0.39, 0.29) is 28.6 Å². The van der Waals surface area contributed by atoms with Crippen molar-refractivity contribution >= 4 is 56.4 Å². The lowest BCUT2D eigenvalue weighted by molar-refractivity contribution is -0.173. The minimum absolute atomic E-state index is 0.0339. The Morgan fingerprint density at radius 2 is 1.93 bits per heavy atom. The minimum atomic E-state index is -1.36. The average Bonchev–Trinajstić information content (AvgIpc) is 3.44. The topological polar surface area (TPSA) is 212 Å². The molecule has 16 heteroatoms. The maximum atomic E-state index is 14.5. The zero-order valence-corrected chi connectivity index (χ0v) is 34.2. The maximum Gasteiger partial charge on any atom is 0.341 e. The van der Waals surface area contributed by atoms with Crippen LogP contribution in [0.25, 0.3) is 22.2 Å². The van der Waals surface area contributed by atoms with Crippen LogP contribution in [0.1, 0.15) is 73.1 Å². The van der Waals surface area contributed by atoms with Crippen molar-refractivity contribution in [3.63, 3.8) is 0 Å². The molecule has 6 aliphatic rings. The average molecular weight is 837 g/mol. The predicted molar refractivity (Wildman–Crippen MR) is 226 cm³/mol. The fourth-order valence-corrected chi connectivity index (χ4v) is 11.8. The summed E-state index contributed by atoms with van der Waals surface area (Å²) < 4.78 is 25.5. The van der Waals surface area contributed by atoms with Crippen LogP contribution in [-0.4, -0.2) is 79.1 Å². The van der Waals surface area contributed by atoms with Crippen LogP contribution in [-0.2, 0) is 33.0 Å². The summed E-state index contributed by atoms with van der Waals surface area (Å²) in [5, 5.41) is 23.3. The summed E-state index contributed by atoms with van der Waals surface area (Å²) >= 11 is 0. The third kappa shape index (κ3) is 6.73. The van der Waals surface area contributed by atoms with Crippen LogP contribution in [0.4, 0.5) is 11.6 Å². The minimum Gasteiger partial charge on any atom is -0.507 e. The van der Waals surface area contributed by atoms with Crippen LogP contribution in [0.3, 0.4) is 0 Å². The molecule has 10 rings (SSSR count). The normalized spacial score (nSPS) is 28.7. The van der Waals surface area contributed by atoms with Crippen molar-refractivity contribution in [3.8, 4) is 22.8 Å². The number of pyridine rings is 2. The number of carbonyl (C=O) groups excluding carboxylic acids is 1. The van der Waals surface area contributed by atoms with E-state index < -0.39 is 41.4 Å². The number of phenolic OH excluding ortho intramolecular Hbond substituents is 1. The van der Waals surface area contributed by atoms with Crippen molar-refractivity contribution in [1.82, 2.24) is 14.9 Å². The van der Waals surface area contributed by atoms with E-state index in [0.29, 0.717) is 84.6 Å². The molecule has 0 radical (unpaired) electrons. The number of allylic oxidation sites excluding steroid dienone is 1. The lowest BCUT2D eigenvalue weighted by Crippen LogP contribution is -2.54. The Bertz CT molecular complexity index is 2600. The summed E-state index contributed by atoms with van der Waals surface area (Å²) in [6.45, 7) is 4.86. The number of nitrogens with zero attached hydrogens (tertiary/aromatic N) is 4. The van der Waals surface area contributed by atoms with E-state index in [2.05, 4.69) is 16.0 Å². The third-order valence-electron chi connectivity index (χ3n) is 12.5. The smallest absolute Gasteiger partial charge is 0.341 e. The highest BCUT2D eigenvalue weighted by molar-refractivity contribution is 8.76. The summed E-state index contributed by atoms with van der Waals surface area (Å²) in [5.41, 5.74) is 17.2. The second-order valence-corrected chi connectivity index (χ2v) is 19.2. The molecular formula is C43H44N6O8S2. The number of nitrogen functional groups attached to an aromatic ring is 2. The van der Waals surface area contributed by atoms with E-state index in [1.54, 1.807) is 34.6 Å². The number of benzene rings is 1. The van der Waals surface area contributed by atoms with Gasteiger partial charge in [-0.05, 0) is 69.4 Å². The molecule has 6 aliphatic heterocycles. The number of epoxide rings is 1. The Kier molecular flexibility index (Phi) is 9.27. The number of carbonyl (C=O) groups is 1. The molecule has 306 valence electrons. The highest BCUT2D eigenvalue weighted by atomic mass is 33.1. The standard InChI is InChI=1S/C43H44N6O8S2/c1-21-11-31(51)37-32(54-21)15-33-36(38(37)52)26-5-4-25(50)16-43-34(57-43)6-3-22-12-29(48-35(44)13-22)27-14-24(18-49-17-23-7-9-46-30(23)19-49)47-40(45)28(27)20-59-58-10-8-42(2,56-33)39(26)55-41(43)53/h7,9,11-15,19,25-26,34,39,50,52H,3-6,8,10,16-18,20H2,1-2H3,(H2,44,48)(H2,45,47)/t25-,26+,34+,39+,42-,43-/m0/s1. The lowest BCUT2D eigenvalue weighted by atomic mass is 9.76. The number of hydrogen-bond donors (Lipinski definition) is 4. The predicted octanol–water partition coefficient (Wildman–Crippen LogP) is 5.84. The molecule has 0 amide bonds. The zero-order chi connectivity index (χ0) is 40.8. The number of hydrogen-bond acceptors (Lipinski definition) is 16. The first-order valence-corrected chi connectivity index (χ1v) is 22.4. The van der Waals surface area contributed by atoms with Crippen LogP contribution in [0.15, 0.2) is 68.1 Å². The van der Waals surface area contributed by atoms with E-state index in [1.807, 2.05) is 37.5 Å². The number of nitrogens with two attached hydrogens (primary N) is 2. The fourth-order valence-electron chi connectivity index (χ4n) is 9.51. The highest BCUT2D eigenvalue weighted by Crippen LogP contribution is 2.55. The van der Waals surface area contributed by atoms with E-state index in [0.717, 1.165) is 34.6 Å². The summed E-state index contributed by atoms with van der Waals surface area (Å²) in [6.07, 6.45) is 5.73. The van der Waals surface area contributed by atoms with Gasteiger partial charge < -0.3 is 45.2 Å². The monoisotopic (exact) mass is 836 g/mol. The van der Waals surface area contributed by atoms with Gasteiger partial charge in [-0.3, -0.25) is 9.79 Å². The van der Waals surface area contributed by atoms with Gasteiger partial charge >= 0.3 is 5.97 Å². The van der Waals surface area contributed by atoms with Gasteiger partial charge in [-0.15, -0.1) is 0 Å². The summed E-state index contributed by atoms with van der Waals surface area (Å²) in [5.74, 6) is 1.19. The number of aliphatic imine (C=N–C) groups is 1. The molecule has 0 saturated carbocycles. The van der Waals surface area contributed by atoms with Gasteiger partial charge in [0.15, 0.2) is 11.0 Å². The maximum absolute atomic E-state index is 14.5. The second-order valence-electron chi connectivity index (χ2n) is 16.6. The van der Waals surface area contributed by atoms with E-state index in [1.165, 1.54) is 11.6 Å². The van der Waals surface area contributed by atoms with Crippen LogP contribution in [0.5, 0.6) is 11.5 Å². The number of fused-ring (bicyclic) bond motifs is 9. The van der Waals surface area contributed by atoms with Gasteiger partial charge in [-0.2, -0.15) is 0 Å². The first-order chi connectivity index (χ1) is 28.4. The van der Waals surface area contributed by atoms with Crippen molar-refractivity contribution < 1.29 is 33.6 Å². The van der Waals surface area contributed by atoms with Gasteiger partial charge in [0.25, 0.3) is 0 Å². The Balaban J connectivity index is 1.02. The van der Waals surface area contributed by atoms with Crippen LogP contribution in [0, 0.1) is 6.92 Å². The molecule has 9 heterocycles. The number of aliphatic hydroxyl groups is 1. The van der Waals surface area contributed by atoms with Crippen LogP contribution < -0.4 is 21.6 Å². The molecule has 0 unspecified atom stereocenters. The van der Waals surface area contributed by atoms with Gasteiger partial charge in [-0.1, -0.05) is 21.6 Å². The van der Waals surface area contributed by atoms with E-state index in [4.69, 9.17) is 40.1 Å². The number of esters is 1. The summed E-state index contributed by atoms with van der Waals surface area (Å²) in [4.78, 5) is 43.9.